The minimum absolute atomic E-state index is 0.000370. The molecule has 0 saturated carbocycles. The van der Waals surface area contributed by atoms with Crippen molar-refractivity contribution >= 4 is 11.6 Å². The summed E-state index contributed by atoms with van der Waals surface area (Å²) in [4.78, 5) is 4.30. The summed E-state index contributed by atoms with van der Waals surface area (Å²) in [6.45, 7) is 2.06. The Morgan fingerprint density at radius 3 is 2.89 bits per heavy atom. The molecule has 96 valence electrons. The van der Waals surface area contributed by atoms with Crippen LogP contribution in [0, 0.1) is 6.92 Å². The molecule has 3 nitrogen and oxygen atoms in total. The molecule has 1 unspecified atom stereocenters. The first kappa shape index (κ1) is 13.1. The number of imidazole rings is 1. The molecule has 0 amide bonds. The molecule has 0 fully saturated rings. The van der Waals surface area contributed by atoms with Crippen LogP contribution < -0.4 is 5.73 Å². The highest BCUT2D eigenvalue weighted by Gasteiger charge is 2.11. The van der Waals surface area contributed by atoms with Crippen molar-refractivity contribution in [2.24, 2.45) is 12.8 Å². The lowest BCUT2D eigenvalue weighted by Crippen LogP contribution is -2.14. The minimum atomic E-state index is 0.000370. The van der Waals surface area contributed by atoms with Gasteiger partial charge in [-0.2, -0.15) is 0 Å². The molecule has 1 aromatic heterocycles. The van der Waals surface area contributed by atoms with Crippen LogP contribution >= 0.6 is 11.6 Å². The van der Waals surface area contributed by atoms with E-state index < -0.39 is 0 Å². The van der Waals surface area contributed by atoms with E-state index in [0.29, 0.717) is 0 Å². The van der Waals surface area contributed by atoms with Gasteiger partial charge in [0.05, 0.1) is 0 Å². The van der Waals surface area contributed by atoms with Crippen LogP contribution in [0.15, 0.2) is 30.6 Å². The van der Waals surface area contributed by atoms with Crippen LogP contribution in [0.1, 0.15) is 29.4 Å². The fourth-order valence-electron chi connectivity index (χ4n) is 2.09. The molecule has 0 aliphatic heterocycles. The lowest BCUT2D eigenvalue weighted by Gasteiger charge is -2.15. The van der Waals surface area contributed by atoms with Gasteiger partial charge in [0.15, 0.2) is 0 Å². The van der Waals surface area contributed by atoms with Gasteiger partial charge in [-0.15, -0.1) is 0 Å². The molecule has 2 rings (SSSR count). The number of nitrogens with two attached hydrogens (primary N) is 1. The normalized spacial score (nSPS) is 12.7. The monoisotopic (exact) mass is 263 g/mol. The maximum Gasteiger partial charge on any atom is 0.108 e. The molecule has 4 heteroatoms. The van der Waals surface area contributed by atoms with Crippen LogP contribution in [0.25, 0.3) is 0 Å². The summed E-state index contributed by atoms with van der Waals surface area (Å²) in [7, 11) is 2.00. The van der Waals surface area contributed by atoms with Gasteiger partial charge in [-0.1, -0.05) is 17.7 Å². The van der Waals surface area contributed by atoms with Gasteiger partial charge in [-0.05, 0) is 36.6 Å². The van der Waals surface area contributed by atoms with Gasteiger partial charge in [0.25, 0.3) is 0 Å². The first-order valence-corrected chi connectivity index (χ1v) is 6.43. The molecule has 0 aliphatic rings. The molecular formula is C14H18ClN3. The van der Waals surface area contributed by atoms with Crippen LogP contribution in [0.4, 0.5) is 0 Å². The molecule has 0 bridgehead atoms. The highest BCUT2D eigenvalue weighted by molar-refractivity contribution is 6.30. The second-order valence-electron chi connectivity index (χ2n) is 4.60. The summed E-state index contributed by atoms with van der Waals surface area (Å²) in [5.74, 6) is 1.06. The number of hydrogen-bond donors (Lipinski definition) is 1. The predicted molar refractivity (Wildman–Crippen MR) is 74.6 cm³/mol. The standard InChI is InChI=1S/C14H18ClN3/c1-10-3-4-11(15)9-12(10)13(16)5-6-14-17-7-8-18(14)2/h3-4,7-9,13H,5-6,16H2,1-2H3. The molecule has 18 heavy (non-hydrogen) atoms. The van der Waals surface area contributed by atoms with Gasteiger partial charge >= 0.3 is 0 Å². The SMILES string of the molecule is Cc1ccc(Cl)cc1C(N)CCc1nccn1C. The third kappa shape index (κ3) is 2.92. The average Bonchev–Trinajstić information content (AvgIpc) is 2.75. The maximum atomic E-state index is 6.24. The van der Waals surface area contributed by atoms with E-state index in [1.807, 2.05) is 42.2 Å². The van der Waals surface area contributed by atoms with Crippen molar-refractivity contribution < 1.29 is 0 Å². The molecule has 2 N–H and O–H groups in total. The van der Waals surface area contributed by atoms with Gasteiger partial charge in [-0.25, -0.2) is 4.98 Å². The van der Waals surface area contributed by atoms with Crippen molar-refractivity contribution in [3.8, 4) is 0 Å². The molecule has 0 spiro atoms. The fraction of sp³-hybridized carbons (Fsp3) is 0.357. The van der Waals surface area contributed by atoms with Gasteiger partial charge in [0.2, 0.25) is 0 Å². The van der Waals surface area contributed by atoms with E-state index in [2.05, 4.69) is 11.9 Å². The quantitative estimate of drug-likeness (QED) is 0.922. The highest BCUT2D eigenvalue weighted by atomic mass is 35.5. The molecule has 0 radical (unpaired) electrons. The second-order valence-corrected chi connectivity index (χ2v) is 5.04. The average molecular weight is 264 g/mol. The maximum absolute atomic E-state index is 6.24. The number of rotatable bonds is 4. The Bertz CT molecular complexity index is 534. The molecule has 1 aromatic carbocycles. The number of benzene rings is 1. The Labute approximate surface area is 113 Å². The lowest BCUT2D eigenvalue weighted by atomic mass is 9.98. The number of nitrogens with zero attached hydrogens (tertiary/aromatic N) is 2. The number of aryl methyl sites for hydroxylation is 3. The number of aromatic nitrogens is 2. The van der Waals surface area contributed by atoms with Crippen molar-refractivity contribution in [1.82, 2.24) is 9.55 Å². The topological polar surface area (TPSA) is 43.8 Å². The van der Waals surface area contributed by atoms with E-state index in [0.717, 1.165) is 29.3 Å². The van der Waals surface area contributed by atoms with E-state index >= 15 is 0 Å². The molecule has 0 aliphatic carbocycles. The summed E-state index contributed by atoms with van der Waals surface area (Å²) < 4.78 is 2.03. The zero-order chi connectivity index (χ0) is 13.1. The van der Waals surface area contributed by atoms with E-state index in [4.69, 9.17) is 17.3 Å². The van der Waals surface area contributed by atoms with E-state index in [1.54, 1.807) is 0 Å². The van der Waals surface area contributed by atoms with E-state index in [9.17, 15) is 0 Å². The molecule has 1 heterocycles. The van der Waals surface area contributed by atoms with Crippen molar-refractivity contribution in [3.05, 3.63) is 52.6 Å². The largest absolute Gasteiger partial charge is 0.338 e. The Hall–Kier alpha value is -1.32. The van der Waals surface area contributed by atoms with Gasteiger partial charge < -0.3 is 10.3 Å². The third-order valence-corrected chi connectivity index (χ3v) is 3.48. The molecule has 0 saturated heterocycles. The molecular weight excluding hydrogens is 246 g/mol. The molecule has 1 atom stereocenters. The summed E-state index contributed by atoms with van der Waals surface area (Å²) in [5.41, 5.74) is 8.54. The Balaban J connectivity index is 2.06. The summed E-state index contributed by atoms with van der Waals surface area (Å²) in [6.07, 6.45) is 5.50. The van der Waals surface area contributed by atoms with E-state index in [1.165, 1.54) is 5.56 Å². The van der Waals surface area contributed by atoms with Crippen molar-refractivity contribution in [2.45, 2.75) is 25.8 Å². The van der Waals surface area contributed by atoms with Crippen LogP contribution in [0.2, 0.25) is 5.02 Å². The zero-order valence-electron chi connectivity index (χ0n) is 10.7. The van der Waals surface area contributed by atoms with Crippen LogP contribution in [0.5, 0.6) is 0 Å². The van der Waals surface area contributed by atoms with Gasteiger partial charge in [0.1, 0.15) is 5.82 Å². The lowest BCUT2D eigenvalue weighted by molar-refractivity contribution is 0.618. The summed E-state index contributed by atoms with van der Waals surface area (Å²) >= 11 is 6.01. The van der Waals surface area contributed by atoms with Crippen LogP contribution in [-0.4, -0.2) is 9.55 Å². The first-order chi connectivity index (χ1) is 8.58. The third-order valence-electron chi connectivity index (χ3n) is 3.24. The van der Waals surface area contributed by atoms with Crippen molar-refractivity contribution in [3.63, 3.8) is 0 Å². The predicted octanol–water partition coefficient (Wildman–Crippen LogP) is 3.01. The van der Waals surface area contributed by atoms with Gasteiger partial charge in [0, 0.05) is 36.9 Å². The second kappa shape index (κ2) is 5.55. The highest BCUT2D eigenvalue weighted by Crippen LogP contribution is 2.23. The van der Waals surface area contributed by atoms with Crippen molar-refractivity contribution in [2.75, 3.05) is 0 Å². The zero-order valence-corrected chi connectivity index (χ0v) is 11.5. The summed E-state index contributed by atoms with van der Waals surface area (Å²) in [5, 5.41) is 0.739. The Kier molecular flexibility index (Phi) is 4.04. The van der Waals surface area contributed by atoms with Crippen LogP contribution in [-0.2, 0) is 13.5 Å². The van der Waals surface area contributed by atoms with Gasteiger partial charge in [-0.3, -0.25) is 0 Å². The number of halogens is 1. The fourth-order valence-corrected chi connectivity index (χ4v) is 2.27. The Morgan fingerprint density at radius 2 is 2.22 bits per heavy atom. The summed E-state index contributed by atoms with van der Waals surface area (Å²) in [6, 6.07) is 5.87. The van der Waals surface area contributed by atoms with E-state index in [-0.39, 0.29) is 6.04 Å². The number of hydrogen-bond acceptors (Lipinski definition) is 2. The Morgan fingerprint density at radius 1 is 1.44 bits per heavy atom. The van der Waals surface area contributed by atoms with Crippen molar-refractivity contribution in [1.29, 1.82) is 0 Å². The smallest absolute Gasteiger partial charge is 0.108 e. The molecule has 2 aromatic rings. The van der Waals surface area contributed by atoms with Crippen LogP contribution in [0.3, 0.4) is 0 Å². The minimum Gasteiger partial charge on any atom is -0.338 e. The first-order valence-electron chi connectivity index (χ1n) is 6.05.